The average Bonchev–Trinajstić information content (AvgIpc) is 2.58. The van der Waals surface area contributed by atoms with Crippen LogP contribution in [0.4, 0.5) is 8.78 Å². The summed E-state index contributed by atoms with van der Waals surface area (Å²) in [7, 11) is 1.55. The van der Waals surface area contributed by atoms with Crippen LogP contribution in [0.25, 0.3) is 0 Å². The van der Waals surface area contributed by atoms with Crippen LogP contribution in [-0.2, 0) is 9.59 Å². The van der Waals surface area contributed by atoms with Crippen LogP contribution in [0.3, 0.4) is 0 Å². The Hall–Kier alpha value is -1.76. The van der Waals surface area contributed by atoms with E-state index in [0.717, 1.165) is 12.0 Å². The average molecular weight is 341 g/mol. The summed E-state index contributed by atoms with van der Waals surface area (Å²) in [6.07, 6.45) is 7.85. The Morgan fingerprint density at radius 3 is 2.92 bits per heavy atom. The van der Waals surface area contributed by atoms with Gasteiger partial charge in [-0.15, -0.1) is 0 Å². The topological polar surface area (TPSA) is 70.2 Å². The standard InChI is InChI=1S/C17H25F2N3O2/c1-20-16(24)7-6-14(10-23)22-13-4-2-12(3-5-13)15-8-9-21-11-17(15,18)19/h2,4-5,10,12,14-15,21-22H,3,6-9,11H2,1H3,(H,20,24). The van der Waals surface area contributed by atoms with Gasteiger partial charge in [0.25, 0.3) is 5.92 Å². The van der Waals surface area contributed by atoms with E-state index in [9.17, 15) is 18.4 Å². The van der Waals surface area contributed by atoms with Gasteiger partial charge in [-0.2, -0.15) is 0 Å². The number of hydrogen-bond donors (Lipinski definition) is 3. The monoisotopic (exact) mass is 341 g/mol. The molecule has 24 heavy (non-hydrogen) atoms. The quantitative estimate of drug-likeness (QED) is 0.612. The van der Waals surface area contributed by atoms with Crippen molar-refractivity contribution in [3.63, 3.8) is 0 Å². The molecule has 0 bridgehead atoms. The summed E-state index contributed by atoms with van der Waals surface area (Å²) < 4.78 is 28.0. The molecule has 3 atom stereocenters. The van der Waals surface area contributed by atoms with Crippen molar-refractivity contribution in [2.24, 2.45) is 11.8 Å². The zero-order chi connectivity index (χ0) is 17.6. The molecule has 1 heterocycles. The van der Waals surface area contributed by atoms with Crippen LogP contribution in [0.5, 0.6) is 0 Å². The lowest BCUT2D eigenvalue weighted by atomic mass is 9.78. The molecule has 0 saturated carbocycles. The summed E-state index contributed by atoms with van der Waals surface area (Å²) in [5.41, 5.74) is 0.748. The summed E-state index contributed by atoms with van der Waals surface area (Å²) in [4.78, 5) is 22.4. The van der Waals surface area contributed by atoms with Crippen LogP contribution in [-0.4, -0.2) is 44.3 Å². The van der Waals surface area contributed by atoms with Gasteiger partial charge in [0.2, 0.25) is 5.91 Å². The maximum atomic E-state index is 14.0. The first kappa shape index (κ1) is 18.6. The van der Waals surface area contributed by atoms with Crippen LogP contribution >= 0.6 is 0 Å². The highest BCUT2D eigenvalue weighted by Gasteiger charge is 2.44. The van der Waals surface area contributed by atoms with Gasteiger partial charge in [0, 0.05) is 25.1 Å². The fraction of sp³-hybridized carbons (Fsp3) is 0.647. The van der Waals surface area contributed by atoms with Crippen molar-refractivity contribution in [2.45, 2.75) is 37.6 Å². The third-order valence-corrected chi connectivity index (χ3v) is 4.66. The Morgan fingerprint density at radius 2 is 2.33 bits per heavy atom. The third-order valence-electron chi connectivity index (χ3n) is 4.66. The SMILES string of the molecule is CNC(=O)CCC(C=O)NC1=CCC(C2CCNCC2(F)F)C=C1. The fourth-order valence-electron chi connectivity index (χ4n) is 3.22. The molecule has 3 unspecified atom stereocenters. The molecule has 1 aliphatic heterocycles. The number of allylic oxidation sites excluding steroid dienone is 3. The normalized spacial score (nSPS) is 27.0. The second kappa shape index (κ2) is 8.37. The Balaban J connectivity index is 1.87. The van der Waals surface area contributed by atoms with E-state index in [2.05, 4.69) is 16.0 Å². The first-order valence-electron chi connectivity index (χ1n) is 8.35. The minimum atomic E-state index is -2.69. The lowest BCUT2D eigenvalue weighted by Gasteiger charge is -2.36. The first-order chi connectivity index (χ1) is 11.5. The van der Waals surface area contributed by atoms with E-state index in [1.807, 2.05) is 12.2 Å². The number of carbonyl (C=O) groups excluding carboxylic acids is 2. The molecule has 2 aliphatic rings. The van der Waals surface area contributed by atoms with Gasteiger partial charge in [0.05, 0.1) is 12.6 Å². The van der Waals surface area contributed by atoms with Crippen molar-refractivity contribution < 1.29 is 18.4 Å². The predicted molar refractivity (Wildman–Crippen MR) is 87.5 cm³/mol. The lowest BCUT2D eigenvalue weighted by Crippen LogP contribution is -2.48. The van der Waals surface area contributed by atoms with Crippen molar-refractivity contribution in [1.29, 1.82) is 0 Å². The van der Waals surface area contributed by atoms with Gasteiger partial charge in [-0.1, -0.05) is 12.2 Å². The molecule has 7 heteroatoms. The van der Waals surface area contributed by atoms with Gasteiger partial charge < -0.3 is 20.7 Å². The number of halogens is 2. The van der Waals surface area contributed by atoms with Crippen molar-refractivity contribution in [3.8, 4) is 0 Å². The van der Waals surface area contributed by atoms with E-state index < -0.39 is 17.9 Å². The van der Waals surface area contributed by atoms with E-state index in [1.54, 1.807) is 13.1 Å². The molecule has 5 nitrogen and oxygen atoms in total. The van der Waals surface area contributed by atoms with Crippen molar-refractivity contribution >= 4 is 12.2 Å². The number of nitrogens with one attached hydrogen (secondary N) is 3. The Bertz CT molecular complexity index is 520. The molecule has 0 aromatic rings. The molecule has 1 aliphatic carbocycles. The molecule has 0 spiro atoms. The molecule has 0 radical (unpaired) electrons. The third kappa shape index (κ3) is 4.87. The fourth-order valence-corrected chi connectivity index (χ4v) is 3.22. The number of rotatable bonds is 7. The molecule has 1 saturated heterocycles. The highest BCUT2D eigenvalue weighted by atomic mass is 19.3. The van der Waals surface area contributed by atoms with Gasteiger partial charge in [0.15, 0.2) is 0 Å². The highest BCUT2D eigenvalue weighted by molar-refractivity contribution is 5.76. The maximum absolute atomic E-state index is 14.0. The predicted octanol–water partition coefficient (Wildman–Crippen LogP) is 1.37. The van der Waals surface area contributed by atoms with E-state index in [0.29, 0.717) is 25.8 Å². The van der Waals surface area contributed by atoms with Gasteiger partial charge >= 0.3 is 0 Å². The minimum absolute atomic E-state index is 0.120. The molecular formula is C17H25F2N3O2. The minimum Gasteiger partial charge on any atom is -0.376 e. The number of aldehydes is 1. The second-order valence-corrected chi connectivity index (χ2v) is 6.35. The Labute approximate surface area is 140 Å². The van der Waals surface area contributed by atoms with Crippen LogP contribution in [0.15, 0.2) is 23.9 Å². The molecule has 1 fully saturated rings. The summed E-state index contributed by atoms with van der Waals surface area (Å²) in [6, 6.07) is -0.463. The molecule has 3 N–H and O–H groups in total. The molecule has 0 aromatic heterocycles. The zero-order valence-corrected chi connectivity index (χ0v) is 13.9. The zero-order valence-electron chi connectivity index (χ0n) is 13.9. The molecule has 134 valence electrons. The van der Waals surface area contributed by atoms with Crippen LogP contribution < -0.4 is 16.0 Å². The van der Waals surface area contributed by atoms with Crippen molar-refractivity contribution in [2.75, 3.05) is 20.1 Å². The molecular weight excluding hydrogens is 316 g/mol. The second-order valence-electron chi connectivity index (χ2n) is 6.35. The smallest absolute Gasteiger partial charge is 0.263 e. The van der Waals surface area contributed by atoms with E-state index in [-0.39, 0.29) is 24.8 Å². The number of amides is 1. The summed E-state index contributed by atoms with van der Waals surface area (Å²) in [5, 5.41) is 8.31. The molecule has 0 aromatic carbocycles. The van der Waals surface area contributed by atoms with Crippen LogP contribution in [0, 0.1) is 11.8 Å². The van der Waals surface area contributed by atoms with Crippen LogP contribution in [0.1, 0.15) is 25.7 Å². The molecule has 2 rings (SSSR count). The Kier molecular flexibility index (Phi) is 6.48. The van der Waals surface area contributed by atoms with Crippen molar-refractivity contribution in [1.82, 2.24) is 16.0 Å². The van der Waals surface area contributed by atoms with Gasteiger partial charge in [-0.3, -0.25) is 4.79 Å². The largest absolute Gasteiger partial charge is 0.376 e. The summed E-state index contributed by atoms with van der Waals surface area (Å²) in [6.45, 7) is 0.357. The summed E-state index contributed by atoms with van der Waals surface area (Å²) >= 11 is 0. The van der Waals surface area contributed by atoms with Crippen molar-refractivity contribution in [3.05, 3.63) is 23.9 Å². The molecule has 1 amide bonds. The van der Waals surface area contributed by atoms with Gasteiger partial charge in [-0.25, -0.2) is 8.78 Å². The Morgan fingerprint density at radius 1 is 1.54 bits per heavy atom. The summed E-state index contributed by atoms with van der Waals surface area (Å²) in [5.74, 6) is -3.65. The number of hydrogen-bond acceptors (Lipinski definition) is 4. The number of alkyl halides is 2. The van der Waals surface area contributed by atoms with Gasteiger partial charge in [-0.05, 0) is 37.8 Å². The lowest BCUT2D eigenvalue weighted by molar-refractivity contribution is -0.120. The maximum Gasteiger partial charge on any atom is 0.263 e. The van der Waals surface area contributed by atoms with E-state index in [1.165, 1.54) is 0 Å². The highest BCUT2D eigenvalue weighted by Crippen LogP contribution is 2.38. The number of carbonyl (C=O) groups is 2. The van der Waals surface area contributed by atoms with E-state index >= 15 is 0 Å². The van der Waals surface area contributed by atoms with Crippen LogP contribution in [0.2, 0.25) is 0 Å². The van der Waals surface area contributed by atoms with E-state index in [4.69, 9.17) is 0 Å². The number of piperidine rings is 1. The van der Waals surface area contributed by atoms with Gasteiger partial charge in [0.1, 0.15) is 6.29 Å². The first-order valence-corrected chi connectivity index (χ1v) is 8.35.